The summed E-state index contributed by atoms with van der Waals surface area (Å²) in [6, 6.07) is 7.16. The molecule has 0 aromatic heterocycles. The first kappa shape index (κ1) is 17.0. The summed E-state index contributed by atoms with van der Waals surface area (Å²) in [5.74, 6) is 0.353. The van der Waals surface area contributed by atoms with Gasteiger partial charge in [-0.3, -0.25) is 4.57 Å². The highest BCUT2D eigenvalue weighted by Gasteiger charge is 2.45. The predicted octanol–water partition coefficient (Wildman–Crippen LogP) is 3.84. The van der Waals surface area contributed by atoms with Gasteiger partial charge in [0.2, 0.25) is 5.88 Å². The smallest absolute Gasteiger partial charge is 0.343 e. The number of benzene rings is 1. The molecule has 0 saturated heterocycles. The van der Waals surface area contributed by atoms with E-state index in [0.717, 1.165) is 4.47 Å². The molecule has 2 rings (SSSR count). The van der Waals surface area contributed by atoms with E-state index in [1.807, 2.05) is 6.07 Å². The maximum Gasteiger partial charge on any atom is 0.343 e. The molecule has 1 atom stereocenters. The largest absolute Gasteiger partial charge is 0.440 e. The maximum atomic E-state index is 13.2. The van der Waals surface area contributed by atoms with Crippen LogP contribution in [0.25, 0.3) is 0 Å². The van der Waals surface area contributed by atoms with Gasteiger partial charge in [0.15, 0.2) is 0 Å². The average Bonchev–Trinajstić information content (AvgIpc) is 2.46. The molecule has 2 N–H and O–H groups in total. The molecule has 0 amide bonds. The first-order chi connectivity index (χ1) is 10.5. The Balaban J connectivity index is 2.67. The van der Waals surface area contributed by atoms with Crippen LogP contribution in [0.5, 0.6) is 5.75 Å². The fraction of sp³-hybridized carbons (Fsp3) is 0.357. The van der Waals surface area contributed by atoms with Crippen molar-refractivity contribution in [3.63, 3.8) is 0 Å². The number of halogens is 1. The highest BCUT2D eigenvalue weighted by Crippen LogP contribution is 2.66. The van der Waals surface area contributed by atoms with E-state index in [1.54, 1.807) is 32.0 Å². The number of hydrogen-bond acceptors (Lipinski definition) is 6. The van der Waals surface area contributed by atoms with Crippen LogP contribution in [-0.4, -0.2) is 13.2 Å². The van der Waals surface area contributed by atoms with E-state index in [0.29, 0.717) is 11.3 Å². The SMILES string of the molecule is CCOP(=O)(OCC)C1C(C#N)=C(N)Oc2ccc(Br)cc21. The Hall–Kier alpha value is -1.32. The first-order valence-corrected chi connectivity index (χ1v) is 9.13. The van der Waals surface area contributed by atoms with Crippen molar-refractivity contribution < 1.29 is 18.3 Å². The third-order valence-electron chi connectivity index (χ3n) is 3.08. The minimum atomic E-state index is -3.62. The number of nitrogens with zero attached hydrogens (tertiary/aromatic N) is 1. The van der Waals surface area contributed by atoms with Crippen LogP contribution in [0.2, 0.25) is 0 Å². The molecule has 0 fully saturated rings. The molecule has 0 spiro atoms. The van der Waals surface area contributed by atoms with Gasteiger partial charge in [-0.2, -0.15) is 5.26 Å². The zero-order valence-corrected chi connectivity index (χ0v) is 14.7. The molecule has 1 aliphatic heterocycles. The van der Waals surface area contributed by atoms with E-state index in [4.69, 9.17) is 19.5 Å². The summed E-state index contributed by atoms with van der Waals surface area (Å²) in [5, 5.41) is 9.41. The van der Waals surface area contributed by atoms with Crippen LogP contribution in [0, 0.1) is 11.3 Å². The minimum absolute atomic E-state index is 0.0517. The molecule has 1 aromatic carbocycles. The van der Waals surface area contributed by atoms with Crippen LogP contribution in [0.15, 0.2) is 34.1 Å². The monoisotopic (exact) mass is 386 g/mol. The molecule has 118 valence electrons. The van der Waals surface area contributed by atoms with Crippen molar-refractivity contribution in [1.82, 2.24) is 0 Å². The zero-order valence-electron chi connectivity index (χ0n) is 12.2. The lowest BCUT2D eigenvalue weighted by molar-refractivity contribution is 0.213. The third-order valence-corrected chi connectivity index (χ3v) is 5.98. The quantitative estimate of drug-likeness (QED) is 0.772. The molecular weight excluding hydrogens is 371 g/mol. The van der Waals surface area contributed by atoms with Gasteiger partial charge in [0.1, 0.15) is 23.1 Å². The Kier molecular flexibility index (Phi) is 5.30. The van der Waals surface area contributed by atoms with Crippen LogP contribution >= 0.6 is 23.5 Å². The lowest BCUT2D eigenvalue weighted by atomic mass is 10.0. The molecule has 8 heteroatoms. The normalized spacial score (nSPS) is 17.6. The van der Waals surface area contributed by atoms with Crippen LogP contribution in [0.1, 0.15) is 25.1 Å². The Labute approximate surface area is 137 Å². The average molecular weight is 387 g/mol. The summed E-state index contributed by atoms with van der Waals surface area (Å²) in [6.07, 6.45) is 0. The van der Waals surface area contributed by atoms with Gasteiger partial charge in [0.05, 0.1) is 13.2 Å². The summed E-state index contributed by atoms with van der Waals surface area (Å²) >= 11 is 3.36. The zero-order chi connectivity index (χ0) is 16.3. The molecular formula is C14H16BrN2O4P. The second kappa shape index (κ2) is 6.84. The number of nitriles is 1. The van der Waals surface area contributed by atoms with Crippen molar-refractivity contribution in [3.05, 3.63) is 39.7 Å². The van der Waals surface area contributed by atoms with Crippen molar-refractivity contribution >= 4 is 23.5 Å². The first-order valence-electron chi connectivity index (χ1n) is 6.72. The number of fused-ring (bicyclic) bond motifs is 1. The van der Waals surface area contributed by atoms with Crippen LogP contribution in [0.4, 0.5) is 0 Å². The molecule has 1 unspecified atom stereocenters. The van der Waals surface area contributed by atoms with E-state index < -0.39 is 13.3 Å². The Morgan fingerprint density at radius 2 is 2.05 bits per heavy atom. The van der Waals surface area contributed by atoms with Crippen molar-refractivity contribution in [2.24, 2.45) is 5.73 Å². The number of allylic oxidation sites excluding steroid dienone is 1. The molecule has 1 heterocycles. The third kappa shape index (κ3) is 3.06. The van der Waals surface area contributed by atoms with Gasteiger partial charge in [-0.1, -0.05) is 15.9 Å². The molecule has 0 saturated carbocycles. The predicted molar refractivity (Wildman–Crippen MR) is 85.2 cm³/mol. The summed E-state index contributed by atoms with van der Waals surface area (Å²) in [7, 11) is -3.62. The Morgan fingerprint density at radius 3 is 2.59 bits per heavy atom. The number of rotatable bonds is 5. The molecule has 0 aliphatic carbocycles. The minimum Gasteiger partial charge on any atom is -0.440 e. The van der Waals surface area contributed by atoms with Crippen molar-refractivity contribution in [2.75, 3.05) is 13.2 Å². The van der Waals surface area contributed by atoms with Crippen molar-refractivity contribution in [2.45, 2.75) is 19.5 Å². The van der Waals surface area contributed by atoms with Crippen LogP contribution in [-0.2, 0) is 13.6 Å². The van der Waals surface area contributed by atoms with Crippen LogP contribution in [0.3, 0.4) is 0 Å². The molecule has 6 nitrogen and oxygen atoms in total. The Morgan fingerprint density at radius 1 is 1.41 bits per heavy atom. The van der Waals surface area contributed by atoms with Gasteiger partial charge in [0, 0.05) is 10.0 Å². The van der Waals surface area contributed by atoms with Crippen molar-refractivity contribution in [1.29, 1.82) is 5.26 Å². The lowest BCUT2D eigenvalue weighted by Gasteiger charge is -2.31. The van der Waals surface area contributed by atoms with E-state index in [9.17, 15) is 9.83 Å². The second-order valence-electron chi connectivity index (χ2n) is 4.45. The molecule has 0 bridgehead atoms. The molecule has 1 aromatic rings. The number of hydrogen-bond donors (Lipinski definition) is 1. The highest BCUT2D eigenvalue weighted by atomic mass is 79.9. The molecule has 0 radical (unpaired) electrons. The second-order valence-corrected chi connectivity index (χ2v) is 7.48. The molecule has 1 aliphatic rings. The Bertz CT molecular complexity index is 689. The molecule has 22 heavy (non-hydrogen) atoms. The fourth-order valence-corrected chi connectivity index (χ4v) is 4.80. The highest BCUT2D eigenvalue weighted by molar-refractivity contribution is 9.10. The van der Waals surface area contributed by atoms with E-state index in [1.165, 1.54) is 0 Å². The summed E-state index contributed by atoms with van der Waals surface area (Å²) < 4.78 is 30.2. The fourth-order valence-electron chi connectivity index (χ4n) is 2.28. The van der Waals surface area contributed by atoms with E-state index in [-0.39, 0.29) is 24.7 Å². The van der Waals surface area contributed by atoms with Gasteiger partial charge in [-0.25, -0.2) is 0 Å². The van der Waals surface area contributed by atoms with Crippen molar-refractivity contribution in [3.8, 4) is 11.8 Å². The van der Waals surface area contributed by atoms with Gasteiger partial charge < -0.3 is 19.5 Å². The lowest BCUT2D eigenvalue weighted by Crippen LogP contribution is -2.21. The number of ether oxygens (including phenoxy) is 1. The van der Waals surface area contributed by atoms with Gasteiger partial charge in [0.25, 0.3) is 0 Å². The summed E-state index contributed by atoms with van der Waals surface area (Å²) in [6.45, 7) is 3.81. The topological polar surface area (TPSA) is 94.6 Å². The van der Waals surface area contributed by atoms with Gasteiger partial charge in [-0.05, 0) is 32.0 Å². The maximum absolute atomic E-state index is 13.2. The summed E-state index contributed by atoms with van der Waals surface area (Å²) in [4.78, 5) is 0. The van der Waals surface area contributed by atoms with Crippen LogP contribution < -0.4 is 10.5 Å². The van der Waals surface area contributed by atoms with Gasteiger partial charge in [-0.15, -0.1) is 0 Å². The van der Waals surface area contributed by atoms with Gasteiger partial charge >= 0.3 is 7.60 Å². The summed E-state index contributed by atoms with van der Waals surface area (Å²) in [5.41, 5.74) is 5.51. The van der Waals surface area contributed by atoms with E-state index in [2.05, 4.69) is 15.9 Å². The van der Waals surface area contributed by atoms with E-state index >= 15 is 0 Å². The standard InChI is InChI=1S/C14H16BrN2O4P/c1-3-19-22(18,20-4-2)13-10-7-9(15)5-6-12(10)21-14(17)11(13)8-16/h5-7,13H,3-4,17H2,1-2H3. The number of nitrogens with two attached hydrogens (primary N) is 1.